The number of allylic oxidation sites excluding steroid dienone is 3. The fraction of sp³-hybridized carbons (Fsp3) is 0.360. The molecule has 8 nitrogen and oxygen atoms in total. The van der Waals surface area contributed by atoms with Gasteiger partial charge in [0.2, 0.25) is 0 Å². The van der Waals surface area contributed by atoms with E-state index in [1.54, 1.807) is 37.3 Å². The Hall–Kier alpha value is -3.30. The summed E-state index contributed by atoms with van der Waals surface area (Å²) in [5, 5.41) is 16.9. The quantitative estimate of drug-likeness (QED) is 0.268. The van der Waals surface area contributed by atoms with E-state index < -0.39 is 16.8 Å². The van der Waals surface area contributed by atoms with Crippen molar-refractivity contribution in [1.82, 2.24) is 5.32 Å². The van der Waals surface area contributed by atoms with Crippen LogP contribution in [-0.4, -0.2) is 37.0 Å². The number of nitro benzene ring substituents is 1. The fourth-order valence-electron chi connectivity index (χ4n) is 4.67. The Kier molecular flexibility index (Phi) is 6.95. The van der Waals surface area contributed by atoms with Crippen LogP contribution in [0.15, 0.2) is 58.3 Å². The van der Waals surface area contributed by atoms with Crippen molar-refractivity contribution >= 4 is 28.8 Å². The summed E-state index contributed by atoms with van der Waals surface area (Å²) in [5.74, 6) is -1.35. The Morgan fingerprint density at radius 3 is 2.71 bits per heavy atom. The molecule has 0 unspecified atom stereocenters. The third-order valence-corrected chi connectivity index (χ3v) is 7.31. The third-order valence-electron chi connectivity index (χ3n) is 6.28. The van der Waals surface area contributed by atoms with Gasteiger partial charge in [-0.2, -0.15) is 0 Å². The maximum absolute atomic E-state index is 13.5. The van der Waals surface area contributed by atoms with Gasteiger partial charge < -0.3 is 14.8 Å². The number of nitrogens with one attached hydrogen (secondary N) is 1. The molecule has 0 saturated carbocycles. The largest absolute Gasteiger partial charge is 0.460 e. The van der Waals surface area contributed by atoms with Crippen molar-refractivity contribution in [3.05, 3.63) is 84.4 Å². The number of nitro groups is 1. The topological polar surface area (TPSA) is 108 Å². The minimum absolute atomic E-state index is 0.0507. The number of ketones is 1. The lowest BCUT2D eigenvalue weighted by Crippen LogP contribution is -2.36. The summed E-state index contributed by atoms with van der Waals surface area (Å²) in [6.07, 6.45) is 0.936. The summed E-state index contributed by atoms with van der Waals surface area (Å²) >= 11 is 1.62. The number of nitrogens with zero attached hydrogens (tertiary/aromatic N) is 1. The Balaban J connectivity index is 1.81. The number of rotatable bonds is 7. The summed E-state index contributed by atoms with van der Waals surface area (Å²) < 4.78 is 10.4. The lowest BCUT2D eigenvalue weighted by molar-refractivity contribution is -0.385. The molecule has 1 aromatic carbocycles. The standard InChI is InChI=1S/C25H26N2O6S/c1-14-6-7-16(12-19(14)27(30)31)23-22(25(29)33-9-8-32-3)15(2)26-18-11-17(13-20(28)24(18)23)21-5-4-10-34-21/h4-7,10,12,17,23,26H,8-9,11,13H2,1-3H3/t17-,23+/m0/s1. The lowest BCUT2D eigenvalue weighted by Gasteiger charge is -2.36. The first-order valence-electron chi connectivity index (χ1n) is 11.0. The number of esters is 1. The Morgan fingerprint density at radius 2 is 2.03 bits per heavy atom. The first-order valence-corrected chi connectivity index (χ1v) is 11.9. The molecule has 0 amide bonds. The molecule has 0 saturated heterocycles. The van der Waals surface area contributed by atoms with Crippen LogP contribution < -0.4 is 5.32 Å². The molecule has 178 valence electrons. The van der Waals surface area contributed by atoms with Crippen molar-refractivity contribution < 1.29 is 24.0 Å². The second kappa shape index (κ2) is 9.90. The van der Waals surface area contributed by atoms with Gasteiger partial charge >= 0.3 is 5.97 Å². The molecule has 2 aromatic rings. The fourth-order valence-corrected chi connectivity index (χ4v) is 5.50. The van der Waals surface area contributed by atoms with E-state index in [-0.39, 0.29) is 36.2 Å². The second-order valence-corrected chi connectivity index (χ2v) is 9.44. The van der Waals surface area contributed by atoms with Crippen LogP contribution in [-0.2, 0) is 19.1 Å². The van der Waals surface area contributed by atoms with Gasteiger partial charge in [0.25, 0.3) is 5.69 Å². The molecular weight excluding hydrogens is 456 g/mol. The van der Waals surface area contributed by atoms with Gasteiger partial charge in [-0.25, -0.2) is 4.79 Å². The van der Waals surface area contributed by atoms with E-state index in [9.17, 15) is 19.7 Å². The van der Waals surface area contributed by atoms with Gasteiger partial charge in [-0.1, -0.05) is 18.2 Å². The number of thiophene rings is 1. The van der Waals surface area contributed by atoms with Crippen LogP contribution in [0.2, 0.25) is 0 Å². The molecule has 34 heavy (non-hydrogen) atoms. The van der Waals surface area contributed by atoms with Gasteiger partial charge in [0.15, 0.2) is 5.78 Å². The lowest BCUT2D eigenvalue weighted by atomic mass is 9.72. The van der Waals surface area contributed by atoms with E-state index in [2.05, 4.69) is 5.32 Å². The van der Waals surface area contributed by atoms with Gasteiger partial charge in [0.1, 0.15) is 6.61 Å². The predicted octanol–water partition coefficient (Wildman–Crippen LogP) is 4.52. The van der Waals surface area contributed by atoms with Gasteiger partial charge in [0.05, 0.1) is 17.1 Å². The Labute approximate surface area is 201 Å². The molecule has 0 spiro atoms. The van der Waals surface area contributed by atoms with E-state index >= 15 is 0 Å². The van der Waals surface area contributed by atoms with Gasteiger partial charge in [0, 0.05) is 58.8 Å². The zero-order valence-electron chi connectivity index (χ0n) is 19.3. The van der Waals surface area contributed by atoms with Crippen molar-refractivity contribution in [3.8, 4) is 0 Å². The van der Waals surface area contributed by atoms with E-state index in [0.29, 0.717) is 35.2 Å². The molecule has 0 bridgehead atoms. The minimum Gasteiger partial charge on any atom is -0.460 e. The van der Waals surface area contributed by atoms with Gasteiger partial charge in [-0.3, -0.25) is 14.9 Å². The Bertz CT molecular complexity index is 1200. The van der Waals surface area contributed by atoms with Crippen molar-refractivity contribution in [2.24, 2.45) is 0 Å². The average molecular weight is 483 g/mol. The molecule has 1 N–H and O–H groups in total. The summed E-state index contributed by atoms with van der Waals surface area (Å²) in [6.45, 7) is 3.73. The van der Waals surface area contributed by atoms with E-state index in [4.69, 9.17) is 9.47 Å². The molecule has 4 rings (SSSR count). The maximum atomic E-state index is 13.5. The zero-order chi connectivity index (χ0) is 24.4. The van der Waals surface area contributed by atoms with Crippen LogP contribution in [0.3, 0.4) is 0 Å². The average Bonchev–Trinajstić information content (AvgIpc) is 3.33. The van der Waals surface area contributed by atoms with E-state index in [1.807, 2.05) is 17.5 Å². The number of aryl methyl sites for hydroxylation is 1. The zero-order valence-corrected chi connectivity index (χ0v) is 20.1. The number of Topliss-reactive ketones (excluding diaryl/α,β-unsaturated/α-hetero) is 1. The first-order chi connectivity index (χ1) is 16.3. The van der Waals surface area contributed by atoms with Crippen LogP contribution in [0.1, 0.15) is 47.6 Å². The number of hydrogen-bond donors (Lipinski definition) is 1. The first kappa shape index (κ1) is 23.8. The number of benzene rings is 1. The van der Waals surface area contributed by atoms with E-state index in [1.165, 1.54) is 13.2 Å². The number of dihydropyridines is 1. The number of hydrogen-bond acceptors (Lipinski definition) is 8. The van der Waals surface area contributed by atoms with E-state index in [0.717, 1.165) is 10.6 Å². The molecule has 1 aromatic heterocycles. The molecular formula is C25H26N2O6S. The van der Waals surface area contributed by atoms with Crippen LogP contribution >= 0.6 is 11.3 Å². The predicted molar refractivity (Wildman–Crippen MR) is 128 cm³/mol. The number of carbonyl (C=O) groups is 2. The van der Waals surface area contributed by atoms with Crippen molar-refractivity contribution in [2.45, 2.75) is 38.5 Å². The van der Waals surface area contributed by atoms with Gasteiger partial charge in [-0.05, 0) is 37.3 Å². The minimum atomic E-state index is -0.748. The summed E-state index contributed by atoms with van der Waals surface area (Å²) in [6, 6.07) is 8.86. The molecule has 0 fully saturated rings. The molecule has 1 aliphatic heterocycles. The smallest absolute Gasteiger partial charge is 0.336 e. The molecule has 2 atom stereocenters. The van der Waals surface area contributed by atoms with Crippen molar-refractivity contribution in [2.75, 3.05) is 20.3 Å². The normalized spacial score (nSPS) is 20.1. The Morgan fingerprint density at radius 1 is 1.24 bits per heavy atom. The van der Waals surface area contributed by atoms with Crippen molar-refractivity contribution in [1.29, 1.82) is 0 Å². The number of carbonyl (C=O) groups excluding carboxylic acids is 2. The SMILES string of the molecule is COCCOC(=O)C1=C(C)NC2=C(C(=O)C[C@@H](c3cccs3)C2)[C@@H]1c1ccc(C)c([N+](=O)[O-])c1. The van der Waals surface area contributed by atoms with Gasteiger partial charge in [-0.15, -0.1) is 11.3 Å². The van der Waals surface area contributed by atoms with Crippen LogP contribution in [0.25, 0.3) is 0 Å². The number of ether oxygens (including phenoxy) is 2. The number of methoxy groups -OCH3 is 1. The molecule has 1 aliphatic carbocycles. The van der Waals surface area contributed by atoms with Crippen LogP contribution in [0, 0.1) is 17.0 Å². The molecule has 0 radical (unpaired) electrons. The van der Waals surface area contributed by atoms with Crippen LogP contribution in [0.4, 0.5) is 5.69 Å². The highest BCUT2D eigenvalue weighted by Gasteiger charge is 2.42. The summed E-state index contributed by atoms with van der Waals surface area (Å²) in [5.41, 5.74) is 3.08. The molecule has 9 heteroatoms. The highest BCUT2D eigenvalue weighted by atomic mass is 32.1. The maximum Gasteiger partial charge on any atom is 0.336 e. The monoisotopic (exact) mass is 482 g/mol. The summed E-state index contributed by atoms with van der Waals surface area (Å²) in [4.78, 5) is 39.0. The highest BCUT2D eigenvalue weighted by Crippen LogP contribution is 2.46. The molecule has 2 aliphatic rings. The second-order valence-electron chi connectivity index (χ2n) is 8.46. The highest BCUT2D eigenvalue weighted by molar-refractivity contribution is 7.10. The summed E-state index contributed by atoms with van der Waals surface area (Å²) in [7, 11) is 1.51. The van der Waals surface area contributed by atoms with Crippen molar-refractivity contribution in [3.63, 3.8) is 0 Å². The van der Waals surface area contributed by atoms with Crippen LogP contribution in [0.5, 0.6) is 0 Å². The molecule has 2 heterocycles. The third kappa shape index (κ3) is 4.53.